The summed E-state index contributed by atoms with van der Waals surface area (Å²) in [6.45, 7) is 3.88. The Morgan fingerprint density at radius 3 is 2.50 bits per heavy atom. The quantitative estimate of drug-likeness (QED) is 0.797. The van der Waals surface area contributed by atoms with Crippen LogP contribution in [0.25, 0.3) is 11.5 Å². The Labute approximate surface area is 127 Å². The summed E-state index contributed by atoms with van der Waals surface area (Å²) in [5.74, 6) is 0.672. The van der Waals surface area contributed by atoms with Crippen molar-refractivity contribution in [1.82, 2.24) is 5.16 Å². The van der Waals surface area contributed by atoms with Crippen molar-refractivity contribution in [2.45, 2.75) is 18.9 Å². The highest BCUT2D eigenvalue weighted by atomic mass is 32.2. The number of hydrogen-bond donors (Lipinski definition) is 1. The Kier molecular flexibility index (Phi) is 3.50. The average Bonchev–Trinajstić information content (AvgIpc) is 3.12. The number of hydrogen-bond acceptors (Lipinski definition) is 5. The molecule has 2 heterocycles. The number of furan rings is 1. The van der Waals surface area contributed by atoms with Crippen molar-refractivity contribution < 1.29 is 17.4 Å². The minimum Gasteiger partial charge on any atom is -0.439 e. The van der Waals surface area contributed by atoms with Crippen molar-refractivity contribution in [1.29, 1.82) is 0 Å². The maximum absolute atomic E-state index is 12.3. The van der Waals surface area contributed by atoms with Gasteiger partial charge in [0.1, 0.15) is 0 Å². The molecule has 0 amide bonds. The van der Waals surface area contributed by atoms with Gasteiger partial charge in [0.15, 0.2) is 5.76 Å². The van der Waals surface area contributed by atoms with E-state index in [9.17, 15) is 8.42 Å². The van der Waals surface area contributed by atoms with Gasteiger partial charge in [-0.1, -0.05) is 11.2 Å². The second kappa shape index (κ2) is 5.34. The van der Waals surface area contributed by atoms with Crippen LogP contribution < -0.4 is 4.72 Å². The summed E-state index contributed by atoms with van der Waals surface area (Å²) in [6.07, 6.45) is 1.46. The second-order valence-corrected chi connectivity index (χ2v) is 6.51. The molecule has 0 spiro atoms. The predicted molar refractivity (Wildman–Crippen MR) is 80.9 cm³/mol. The highest BCUT2D eigenvalue weighted by Gasteiger charge is 2.20. The van der Waals surface area contributed by atoms with Crippen LogP contribution in [0.2, 0.25) is 0 Å². The summed E-state index contributed by atoms with van der Waals surface area (Å²) in [5, 5.41) is 3.37. The fourth-order valence-electron chi connectivity index (χ4n) is 1.95. The van der Waals surface area contributed by atoms with Gasteiger partial charge in [0.2, 0.25) is 10.9 Å². The Morgan fingerprint density at radius 2 is 1.82 bits per heavy atom. The van der Waals surface area contributed by atoms with E-state index in [2.05, 4.69) is 9.88 Å². The van der Waals surface area contributed by atoms with Gasteiger partial charge in [-0.25, -0.2) is 0 Å². The molecule has 3 rings (SSSR count). The maximum atomic E-state index is 12.3. The monoisotopic (exact) mass is 318 g/mol. The molecule has 7 heteroatoms. The summed E-state index contributed by atoms with van der Waals surface area (Å²) in [7, 11) is -3.79. The van der Waals surface area contributed by atoms with Gasteiger partial charge in [0.05, 0.1) is 6.20 Å². The first-order valence-corrected chi connectivity index (χ1v) is 8.05. The fraction of sp³-hybridized carbons (Fsp3) is 0.133. The Morgan fingerprint density at radius 1 is 1.00 bits per heavy atom. The molecule has 114 valence electrons. The molecule has 0 unspecified atom stereocenters. The van der Waals surface area contributed by atoms with Crippen LogP contribution in [0.1, 0.15) is 11.1 Å². The SMILES string of the molecule is Cc1ccc(NS(=O)(=O)c2ccc(-c3ccno3)o2)cc1C. The number of sulfonamides is 1. The zero-order valence-corrected chi connectivity index (χ0v) is 12.8. The first-order chi connectivity index (χ1) is 10.5. The van der Waals surface area contributed by atoms with Crippen molar-refractivity contribution in [3.8, 4) is 11.5 Å². The largest absolute Gasteiger partial charge is 0.439 e. The lowest BCUT2D eigenvalue weighted by molar-refractivity contribution is 0.401. The number of anilines is 1. The Balaban J connectivity index is 1.88. The van der Waals surface area contributed by atoms with Gasteiger partial charge in [0.25, 0.3) is 10.0 Å². The van der Waals surface area contributed by atoms with E-state index in [1.54, 1.807) is 18.2 Å². The van der Waals surface area contributed by atoms with Crippen LogP contribution in [-0.2, 0) is 10.0 Å². The van der Waals surface area contributed by atoms with Gasteiger partial charge < -0.3 is 8.94 Å². The van der Waals surface area contributed by atoms with Crippen molar-refractivity contribution >= 4 is 15.7 Å². The number of aryl methyl sites for hydroxylation is 2. The number of nitrogens with zero attached hydrogens (tertiary/aromatic N) is 1. The first-order valence-electron chi connectivity index (χ1n) is 6.57. The number of rotatable bonds is 4. The van der Waals surface area contributed by atoms with E-state index in [-0.39, 0.29) is 5.09 Å². The van der Waals surface area contributed by atoms with Gasteiger partial charge in [-0.05, 0) is 49.2 Å². The second-order valence-electron chi connectivity index (χ2n) is 4.90. The summed E-state index contributed by atoms with van der Waals surface area (Å²) >= 11 is 0. The molecule has 6 nitrogen and oxygen atoms in total. The molecule has 0 saturated heterocycles. The predicted octanol–water partition coefficient (Wildman–Crippen LogP) is 3.35. The summed E-state index contributed by atoms with van der Waals surface area (Å²) in [6, 6.07) is 9.82. The molecule has 2 aromatic heterocycles. The third-order valence-electron chi connectivity index (χ3n) is 3.29. The minimum atomic E-state index is -3.79. The molecule has 0 radical (unpaired) electrons. The van der Waals surface area contributed by atoms with E-state index < -0.39 is 10.0 Å². The van der Waals surface area contributed by atoms with Crippen LogP contribution >= 0.6 is 0 Å². The normalized spacial score (nSPS) is 11.5. The molecular formula is C15H14N2O4S. The summed E-state index contributed by atoms with van der Waals surface area (Å²) in [4.78, 5) is 0. The lowest BCUT2D eigenvalue weighted by atomic mass is 10.1. The van der Waals surface area contributed by atoms with Crippen molar-refractivity contribution in [3.63, 3.8) is 0 Å². The van der Waals surface area contributed by atoms with Gasteiger partial charge in [-0.2, -0.15) is 8.42 Å². The lowest BCUT2D eigenvalue weighted by Gasteiger charge is -2.07. The molecule has 0 aliphatic rings. The average molecular weight is 318 g/mol. The molecule has 1 N–H and O–H groups in total. The summed E-state index contributed by atoms with van der Waals surface area (Å²) < 4.78 is 37.4. The molecule has 0 atom stereocenters. The van der Waals surface area contributed by atoms with Crippen molar-refractivity contribution in [2.75, 3.05) is 4.72 Å². The van der Waals surface area contributed by atoms with Crippen molar-refractivity contribution in [2.24, 2.45) is 0 Å². The van der Waals surface area contributed by atoms with Gasteiger partial charge in [-0.3, -0.25) is 4.72 Å². The van der Waals surface area contributed by atoms with Crippen LogP contribution in [0.4, 0.5) is 5.69 Å². The van der Waals surface area contributed by atoms with Gasteiger partial charge in [-0.15, -0.1) is 0 Å². The molecule has 0 saturated carbocycles. The number of nitrogens with one attached hydrogen (secondary N) is 1. The molecule has 3 aromatic rings. The van der Waals surface area contributed by atoms with E-state index in [4.69, 9.17) is 8.94 Å². The van der Waals surface area contributed by atoms with E-state index in [0.29, 0.717) is 17.2 Å². The zero-order chi connectivity index (χ0) is 15.7. The first kappa shape index (κ1) is 14.4. The molecule has 0 bridgehead atoms. The molecular weight excluding hydrogens is 304 g/mol. The topological polar surface area (TPSA) is 85.3 Å². The minimum absolute atomic E-state index is 0.183. The lowest BCUT2D eigenvalue weighted by Crippen LogP contribution is -2.12. The number of aromatic nitrogens is 1. The smallest absolute Gasteiger partial charge is 0.295 e. The number of benzene rings is 1. The molecule has 1 aromatic carbocycles. The Hall–Kier alpha value is -2.54. The molecule has 0 fully saturated rings. The van der Waals surface area contributed by atoms with E-state index in [1.807, 2.05) is 19.9 Å². The van der Waals surface area contributed by atoms with E-state index in [0.717, 1.165) is 11.1 Å². The third-order valence-corrected chi connectivity index (χ3v) is 4.54. The van der Waals surface area contributed by atoms with Crippen LogP contribution in [0, 0.1) is 13.8 Å². The standard InChI is InChI=1S/C15H14N2O4S/c1-10-3-4-12(9-11(10)2)17-22(18,19)15-6-5-13(20-15)14-7-8-16-21-14/h3-9,17H,1-2H3. The van der Waals surface area contributed by atoms with E-state index in [1.165, 1.54) is 18.3 Å². The van der Waals surface area contributed by atoms with Gasteiger partial charge >= 0.3 is 0 Å². The maximum Gasteiger partial charge on any atom is 0.295 e. The zero-order valence-electron chi connectivity index (χ0n) is 12.0. The fourth-order valence-corrected chi connectivity index (χ4v) is 2.93. The van der Waals surface area contributed by atoms with E-state index >= 15 is 0 Å². The Bertz CT molecular complexity index is 896. The van der Waals surface area contributed by atoms with Crippen molar-refractivity contribution in [3.05, 3.63) is 53.7 Å². The van der Waals surface area contributed by atoms with Crippen LogP contribution in [0.15, 0.2) is 56.6 Å². The highest BCUT2D eigenvalue weighted by molar-refractivity contribution is 7.92. The summed E-state index contributed by atoms with van der Waals surface area (Å²) in [5.41, 5.74) is 2.58. The van der Waals surface area contributed by atoms with Gasteiger partial charge in [0, 0.05) is 11.8 Å². The van der Waals surface area contributed by atoms with Crippen LogP contribution in [0.5, 0.6) is 0 Å². The van der Waals surface area contributed by atoms with Crippen LogP contribution in [0.3, 0.4) is 0 Å². The molecule has 0 aliphatic heterocycles. The van der Waals surface area contributed by atoms with Crippen LogP contribution in [-0.4, -0.2) is 13.6 Å². The third kappa shape index (κ3) is 2.75. The molecule has 0 aliphatic carbocycles. The highest BCUT2D eigenvalue weighted by Crippen LogP contribution is 2.25. The molecule has 22 heavy (non-hydrogen) atoms.